The molecule has 2 aromatic rings. The molecule has 0 aliphatic carbocycles. The number of carbonyl (C=O) groups excluding carboxylic acids is 2. The summed E-state index contributed by atoms with van der Waals surface area (Å²) >= 11 is 0. The molecule has 8 heteroatoms. The van der Waals surface area contributed by atoms with Gasteiger partial charge in [-0.1, -0.05) is 12.1 Å². The van der Waals surface area contributed by atoms with Crippen LogP contribution in [-0.2, 0) is 35.0 Å². The normalized spacial score (nSPS) is 16.5. The van der Waals surface area contributed by atoms with Crippen molar-refractivity contribution in [2.75, 3.05) is 33.5 Å². The van der Waals surface area contributed by atoms with Crippen LogP contribution >= 0.6 is 0 Å². The lowest BCUT2D eigenvalue weighted by atomic mass is 10.1. The maximum Gasteiger partial charge on any atom is 0.343 e. The van der Waals surface area contributed by atoms with E-state index in [1.165, 1.54) is 14.0 Å². The van der Waals surface area contributed by atoms with Gasteiger partial charge in [0.25, 0.3) is 0 Å². The molecule has 3 rings (SSSR count). The average molecular weight is 432 g/mol. The number of carbonyl (C=O) groups is 2. The van der Waals surface area contributed by atoms with Crippen LogP contribution in [0.5, 0.6) is 5.75 Å². The minimum Gasteiger partial charge on any atom is -0.478 e. The molecule has 31 heavy (non-hydrogen) atoms. The van der Waals surface area contributed by atoms with Gasteiger partial charge in [-0.2, -0.15) is 0 Å². The Labute approximate surface area is 181 Å². The summed E-state index contributed by atoms with van der Waals surface area (Å²) in [7, 11) is 1.30. The van der Waals surface area contributed by atoms with Gasteiger partial charge < -0.3 is 28.1 Å². The molecular formula is C23H28O8. The van der Waals surface area contributed by atoms with E-state index in [0.29, 0.717) is 30.1 Å². The van der Waals surface area contributed by atoms with Crippen molar-refractivity contribution in [1.82, 2.24) is 0 Å². The summed E-state index contributed by atoms with van der Waals surface area (Å²) in [6.07, 6.45) is 6.96. The van der Waals surface area contributed by atoms with E-state index in [0.717, 1.165) is 36.8 Å². The first-order valence-corrected chi connectivity index (χ1v) is 10.4. The summed E-state index contributed by atoms with van der Waals surface area (Å²) < 4.78 is 32.7. The molecule has 0 bridgehead atoms. The zero-order chi connectivity index (χ0) is 22.1. The van der Waals surface area contributed by atoms with Crippen molar-refractivity contribution in [2.24, 2.45) is 0 Å². The van der Waals surface area contributed by atoms with E-state index in [4.69, 9.17) is 23.4 Å². The van der Waals surface area contributed by atoms with E-state index in [2.05, 4.69) is 4.74 Å². The van der Waals surface area contributed by atoms with Crippen molar-refractivity contribution in [2.45, 2.75) is 38.9 Å². The second-order valence-corrected chi connectivity index (χ2v) is 7.06. The van der Waals surface area contributed by atoms with Crippen molar-refractivity contribution >= 4 is 29.0 Å². The van der Waals surface area contributed by atoms with Crippen LogP contribution in [0.15, 0.2) is 28.7 Å². The Hall–Kier alpha value is -2.84. The van der Waals surface area contributed by atoms with Crippen LogP contribution in [-0.4, -0.2) is 51.8 Å². The van der Waals surface area contributed by atoms with Gasteiger partial charge in [0, 0.05) is 30.9 Å². The highest BCUT2D eigenvalue weighted by Crippen LogP contribution is 2.34. The molecular weight excluding hydrogens is 404 g/mol. The quantitative estimate of drug-likeness (QED) is 0.525. The Morgan fingerprint density at radius 3 is 2.87 bits per heavy atom. The van der Waals surface area contributed by atoms with E-state index >= 15 is 0 Å². The third-order valence-corrected chi connectivity index (χ3v) is 4.83. The van der Waals surface area contributed by atoms with Crippen LogP contribution < -0.4 is 4.74 Å². The van der Waals surface area contributed by atoms with Gasteiger partial charge in [-0.25, -0.2) is 4.79 Å². The zero-order valence-corrected chi connectivity index (χ0v) is 17.9. The zero-order valence-electron chi connectivity index (χ0n) is 17.9. The number of esters is 2. The largest absolute Gasteiger partial charge is 0.478 e. The number of rotatable bonds is 10. The monoisotopic (exact) mass is 432 g/mol. The van der Waals surface area contributed by atoms with E-state index in [1.54, 1.807) is 18.2 Å². The maximum absolute atomic E-state index is 11.5. The Bertz CT molecular complexity index is 908. The van der Waals surface area contributed by atoms with Crippen molar-refractivity contribution < 1.29 is 37.7 Å². The van der Waals surface area contributed by atoms with E-state index in [-0.39, 0.29) is 25.5 Å². The highest BCUT2D eigenvalue weighted by atomic mass is 16.7. The number of hydrogen-bond donors (Lipinski definition) is 0. The Morgan fingerprint density at radius 2 is 2.13 bits per heavy atom. The smallest absolute Gasteiger partial charge is 0.343 e. The molecule has 1 aliphatic rings. The van der Waals surface area contributed by atoms with Gasteiger partial charge in [0.1, 0.15) is 12.4 Å². The third kappa shape index (κ3) is 6.57. The molecule has 1 fully saturated rings. The molecule has 0 N–H and O–H groups in total. The van der Waals surface area contributed by atoms with Crippen LogP contribution in [0.25, 0.3) is 17.0 Å². The van der Waals surface area contributed by atoms with Crippen molar-refractivity contribution in [3.05, 3.63) is 35.6 Å². The second kappa shape index (κ2) is 11.5. The fourth-order valence-electron chi connectivity index (χ4n) is 3.32. The number of methoxy groups -OCH3 is 1. The number of hydrogen-bond acceptors (Lipinski definition) is 8. The molecule has 1 aromatic heterocycles. The number of fused-ring (bicyclic) bond motifs is 1. The Morgan fingerprint density at radius 1 is 1.26 bits per heavy atom. The first-order valence-electron chi connectivity index (χ1n) is 10.4. The molecule has 8 nitrogen and oxygen atoms in total. The molecule has 0 amide bonds. The minimum atomic E-state index is -0.480. The standard InChI is InChI=1S/C23H28O8/c1-16(24)27-13-6-9-19-17(11-14-29-22-10-3-4-12-28-22)18-7-5-8-20(23(18)31-19)30-15-21(25)26-2/h5-9,22H,3-4,10-15H2,1-2H3/b9-6+. The number of ether oxygens (including phenoxy) is 5. The summed E-state index contributed by atoms with van der Waals surface area (Å²) in [5.41, 5.74) is 1.47. The maximum atomic E-state index is 11.5. The predicted molar refractivity (Wildman–Crippen MR) is 113 cm³/mol. The van der Waals surface area contributed by atoms with Crippen LogP contribution in [0.1, 0.15) is 37.5 Å². The SMILES string of the molecule is COC(=O)COc1cccc2c(CCOC3CCCCO3)c(/C=C/COC(C)=O)oc12. The lowest BCUT2D eigenvalue weighted by Crippen LogP contribution is -2.23. The fourth-order valence-corrected chi connectivity index (χ4v) is 3.32. The van der Waals surface area contributed by atoms with Gasteiger partial charge in [-0.3, -0.25) is 4.79 Å². The van der Waals surface area contributed by atoms with E-state index < -0.39 is 5.97 Å². The van der Waals surface area contributed by atoms with E-state index in [9.17, 15) is 9.59 Å². The van der Waals surface area contributed by atoms with Crippen LogP contribution in [0, 0.1) is 0 Å². The highest BCUT2D eigenvalue weighted by molar-refractivity contribution is 5.89. The molecule has 1 saturated heterocycles. The lowest BCUT2D eigenvalue weighted by Gasteiger charge is -2.22. The summed E-state index contributed by atoms with van der Waals surface area (Å²) in [5, 5.41) is 0.864. The number of furan rings is 1. The van der Waals surface area contributed by atoms with Crippen molar-refractivity contribution in [3.8, 4) is 5.75 Å². The number of para-hydroxylation sites is 1. The Kier molecular flexibility index (Phi) is 8.49. The van der Waals surface area contributed by atoms with Gasteiger partial charge in [-0.15, -0.1) is 0 Å². The van der Waals surface area contributed by atoms with Gasteiger partial charge >= 0.3 is 11.9 Å². The first kappa shape index (κ1) is 22.8. The molecule has 0 saturated carbocycles. The van der Waals surface area contributed by atoms with Crippen LogP contribution in [0.2, 0.25) is 0 Å². The van der Waals surface area contributed by atoms with E-state index in [1.807, 2.05) is 12.1 Å². The highest BCUT2D eigenvalue weighted by Gasteiger charge is 2.18. The minimum absolute atomic E-state index is 0.143. The van der Waals surface area contributed by atoms with Gasteiger partial charge in [-0.05, 0) is 37.5 Å². The van der Waals surface area contributed by atoms with Gasteiger partial charge in [0.05, 0.1) is 13.7 Å². The first-order chi connectivity index (χ1) is 15.1. The molecule has 1 unspecified atom stereocenters. The topological polar surface area (TPSA) is 93.4 Å². The second-order valence-electron chi connectivity index (χ2n) is 7.06. The molecule has 0 radical (unpaired) electrons. The Balaban J connectivity index is 1.79. The molecule has 1 aromatic carbocycles. The fraction of sp³-hybridized carbons (Fsp3) is 0.478. The predicted octanol–water partition coefficient (Wildman–Crippen LogP) is 3.65. The lowest BCUT2D eigenvalue weighted by molar-refractivity contribution is -0.161. The molecule has 1 aliphatic heterocycles. The third-order valence-electron chi connectivity index (χ3n) is 4.83. The molecule has 1 atom stereocenters. The number of benzene rings is 1. The summed E-state index contributed by atoms with van der Waals surface area (Å²) in [5.74, 6) is 0.227. The summed E-state index contributed by atoms with van der Waals surface area (Å²) in [6, 6.07) is 5.50. The average Bonchev–Trinajstić information content (AvgIpc) is 3.13. The van der Waals surface area contributed by atoms with Gasteiger partial charge in [0.2, 0.25) is 0 Å². The van der Waals surface area contributed by atoms with Gasteiger partial charge in [0.15, 0.2) is 24.2 Å². The molecule has 0 spiro atoms. The summed E-state index contributed by atoms with van der Waals surface area (Å²) in [4.78, 5) is 22.4. The molecule has 168 valence electrons. The summed E-state index contributed by atoms with van der Waals surface area (Å²) in [6.45, 7) is 2.48. The van der Waals surface area contributed by atoms with Crippen LogP contribution in [0.3, 0.4) is 0 Å². The van der Waals surface area contributed by atoms with Crippen LogP contribution in [0.4, 0.5) is 0 Å². The molecule has 2 heterocycles. The van der Waals surface area contributed by atoms with Crippen molar-refractivity contribution in [3.63, 3.8) is 0 Å². The van der Waals surface area contributed by atoms with Crippen molar-refractivity contribution in [1.29, 1.82) is 0 Å².